The number of carbonyl (C=O) groups is 4. The Balaban J connectivity index is 0.000000340. The molecule has 1 aromatic heterocycles. The van der Waals surface area contributed by atoms with Crippen LogP contribution in [0, 0.1) is 19.7 Å². The first kappa shape index (κ1) is 62.7. The molecule has 0 aliphatic carbocycles. The summed E-state index contributed by atoms with van der Waals surface area (Å²) in [5.74, 6) is -2.86. The van der Waals surface area contributed by atoms with E-state index in [1.165, 1.54) is 13.6 Å². The summed E-state index contributed by atoms with van der Waals surface area (Å²) >= 11 is 28.8. The predicted octanol–water partition coefficient (Wildman–Crippen LogP) is 8.66. The van der Waals surface area contributed by atoms with Crippen LogP contribution in [0.4, 0.5) is 24.5 Å². The predicted molar refractivity (Wildman–Crippen MR) is 269 cm³/mol. The highest BCUT2D eigenvalue weighted by atomic mass is 35.5. The van der Waals surface area contributed by atoms with Gasteiger partial charge in [0.25, 0.3) is 5.91 Å². The van der Waals surface area contributed by atoms with Crippen molar-refractivity contribution in [3.8, 4) is 11.4 Å². The Morgan fingerprint density at radius 1 is 1.01 bits per heavy atom. The fraction of sp³-hybridized carbons (Fsp3) is 0.467. The number of rotatable bonds is 17. The van der Waals surface area contributed by atoms with Gasteiger partial charge in [0.05, 0.1) is 24.0 Å². The largest absolute Gasteiger partial charge is 0.489 e. The number of esters is 1. The smallest absolute Gasteiger partial charge is 0.355 e. The summed E-state index contributed by atoms with van der Waals surface area (Å²) in [5.41, 5.74) is 7.57. The first-order valence-corrected chi connectivity index (χ1v) is 26.2. The molecule has 4 N–H and O–H groups in total. The Morgan fingerprint density at radius 2 is 1.66 bits per heavy atom. The topological polar surface area (TPSA) is 226 Å². The number of fused-ring (bicyclic) bond motifs is 1. The van der Waals surface area contributed by atoms with Crippen LogP contribution in [0.1, 0.15) is 63.2 Å². The van der Waals surface area contributed by atoms with E-state index in [-0.39, 0.29) is 82.7 Å². The molecule has 71 heavy (non-hydrogen) atoms. The maximum atomic E-state index is 14.2. The zero-order valence-corrected chi connectivity index (χ0v) is 44.5. The van der Waals surface area contributed by atoms with Crippen molar-refractivity contribution in [1.82, 2.24) is 14.3 Å². The number of carboxylic acid groups (broad SMARTS) is 1. The van der Waals surface area contributed by atoms with Crippen molar-refractivity contribution in [2.24, 2.45) is 5.73 Å². The number of hydrogen-bond donors (Lipinski definition) is 3. The van der Waals surface area contributed by atoms with E-state index in [4.69, 9.17) is 87.9 Å². The van der Waals surface area contributed by atoms with Gasteiger partial charge in [0.1, 0.15) is 47.9 Å². The van der Waals surface area contributed by atoms with Crippen molar-refractivity contribution in [2.45, 2.75) is 89.7 Å². The molecule has 0 saturated heterocycles. The number of aromatic nitrogens is 3. The molecule has 3 aromatic carbocycles. The lowest BCUT2D eigenvalue weighted by Gasteiger charge is -2.35. The Morgan fingerprint density at radius 3 is 2.20 bits per heavy atom. The average Bonchev–Trinajstić information content (AvgIpc) is 3.61. The molecule has 2 heterocycles. The van der Waals surface area contributed by atoms with Crippen molar-refractivity contribution in [2.75, 3.05) is 55.1 Å². The number of carboxylic acids is 1. The third kappa shape index (κ3) is 18.9. The van der Waals surface area contributed by atoms with Gasteiger partial charge in [0.2, 0.25) is 5.91 Å². The fourth-order valence-electron chi connectivity index (χ4n) is 6.42. The van der Waals surface area contributed by atoms with Crippen LogP contribution >= 0.6 is 65.4 Å². The van der Waals surface area contributed by atoms with Gasteiger partial charge in [-0.25, -0.2) is 13.8 Å². The summed E-state index contributed by atoms with van der Waals surface area (Å²) in [7, 11) is -3.10. The molecular formula is C45H57Cl5F3N6O11P. The molecular weight excluding hydrogens is 1070 g/mol. The van der Waals surface area contributed by atoms with Crippen molar-refractivity contribution in [3.63, 3.8) is 0 Å². The molecule has 4 unspecified atom stereocenters. The maximum Gasteiger partial charge on any atom is 0.355 e. The second-order valence-electron chi connectivity index (χ2n) is 15.4. The van der Waals surface area contributed by atoms with Gasteiger partial charge in [-0.15, -0.1) is 28.3 Å². The van der Waals surface area contributed by atoms with Crippen molar-refractivity contribution in [1.29, 1.82) is 0 Å². The van der Waals surface area contributed by atoms with E-state index in [0.717, 1.165) is 41.1 Å². The van der Waals surface area contributed by atoms with Crippen LogP contribution in [0.25, 0.3) is 5.69 Å². The minimum Gasteiger partial charge on any atom is -0.489 e. The molecule has 1 aliphatic rings. The van der Waals surface area contributed by atoms with E-state index in [9.17, 15) is 41.7 Å². The van der Waals surface area contributed by atoms with E-state index in [1.54, 1.807) is 16.7 Å². The molecule has 0 radical (unpaired) electrons. The molecule has 4 aromatic rings. The minimum atomic E-state index is -3.12. The quantitative estimate of drug-likeness (QED) is 0.0390. The summed E-state index contributed by atoms with van der Waals surface area (Å²) in [6.45, 7) is 10.1. The van der Waals surface area contributed by atoms with Crippen molar-refractivity contribution in [3.05, 3.63) is 98.4 Å². The molecule has 4 atom stereocenters. The first-order chi connectivity index (χ1) is 33.3. The number of para-hydroxylation sites is 3. The third-order valence-electron chi connectivity index (χ3n) is 9.92. The van der Waals surface area contributed by atoms with Crippen molar-refractivity contribution >= 4 is 101 Å². The van der Waals surface area contributed by atoms with E-state index < -0.39 is 53.6 Å². The Kier molecular flexibility index (Phi) is 26.5. The SMILES string of the molecule is CC1COc2ccccc2N1C(=O)C(Cl)Cl.CCOC(=O)C(Cl)Cc1cc(-n2nc(C)n(C(F)F)c2=O)c(F)cc1Cl.CCOCN(C(=O)CCl)c1c(C)cccc1CC.CP(=O)(O)CCC(N)C(=O)O. The van der Waals surface area contributed by atoms with Gasteiger partial charge in [-0.2, -0.15) is 13.5 Å². The number of ether oxygens (including phenoxy) is 3. The zero-order chi connectivity index (χ0) is 53.9. The number of anilines is 2. The number of benzene rings is 3. The average molecular weight is 1120 g/mol. The van der Waals surface area contributed by atoms with Crippen LogP contribution in [-0.2, 0) is 46.1 Å². The highest BCUT2D eigenvalue weighted by Crippen LogP contribution is 2.36. The van der Waals surface area contributed by atoms with Gasteiger partial charge in [-0.3, -0.25) is 28.6 Å². The number of halogens is 8. The number of aryl methyl sites for hydroxylation is 3. The van der Waals surface area contributed by atoms with Gasteiger partial charge in [-0.05, 0) is 88.4 Å². The van der Waals surface area contributed by atoms with Crippen LogP contribution < -0.4 is 26.0 Å². The summed E-state index contributed by atoms with van der Waals surface area (Å²) in [5, 5.41) is 10.8. The summed E-state index contributed by atoms with van der Waals surface area (Å²) in [6, 6.07) is 14.3. The van der Waals surface area contributed by atoms with Gasteiger partial charge in [0.15, 0.2) is 18.0 Å². The van der Waals surface area contributed by atoms with E-state index in [0.29, 0.717) is 23.6 Å². The van der Waals surface area contributed by atoms with Gasteiger partial charge < -0.3 is 34.8 Å². The van der Waals surface area contributed by atoms with Gasteiger partial charge in [0, 0.05) is 30.9 Å². The van der Waals surface area contributed by atoms with E-state index in [1.807, 2.05) is 63.2 Å². The molecule has 0 spiro atoms. The second kappa shape index (κ2) is 30.0. The molecule has 26 heteroatoms. The molecule has 2 amide bonds. The van der Waals surface area contributed by atoms with Crippen molar-refractivity contribution < 1.29 is 61.1 Å². The number of nitrogens with zero attached hydrogens (tertiary/aromatic N) is 5. The molecule has 0 fully saturated rings. The molecule has 394 valence electrons. The standard InChI is InChI=1S/C15H14Cl2F3N3O3.C14H20ClNO2.C11H11Cl2NO2.C5H12NO4P/c1-3-26-13(24)10(17)4-8-5-12(11(18)6-9(8)16)23-15(25)22(14(19)20)7(2)21-23;1-4-12-8-6-7-11(3)14(12)16(10-18-5-2)13(17)9-15;1-7-6-16-9-5-3-2-4-8(9)14(7)11(15)10(12)13;1-11(9,10)3-2-4(6)5(7)8/h5-6,10,14H,3-4H2,1-2H3;6-8H,4-5,9-10H2,1-3H3;2-5,7,10H,6H2,1H3;4H,2-3,6H2,1H3,(H,7,8)(H,9,10). The number of carbonyl (C=O) groups excluding carboxylic acids is 3. The van der Waals surface area contributed by atoms with Crippen LogP contribution in [0.3, 0.4) is 0 Å². The number of hydrogen-bond acceptors (Lipinski definition) is 11. The Labute approximate surface area is 434 Å². The third-order valence-corrected chi connectivity index (χ3v) is 12.3. The fourth-order valence-corrected chi connectivity index (χ4v) is 7.99. The summed E-state index contributed by atoms with van der Waals surface area (Å²) < 4.78 is 67.0. The Hall–Kier alpha value is -4.37. The molecule has 17 nitrogen and oxygen atoms in total. The second-order valence-corrected chi connectivity index (χ2v) is 20.2. The first-order valence-electron chi connectivity index (χ1n) is 21.6. The normalized spacial score (nSPS) is 14.5. The number of aliphatic carboxylic acids is 1. The molecule has 0 bridgehead atoms. The van der Waals surface area contributed by atoms with Crippen LogP contribution in [-0.4, -0.2) is 116 Å². The van der Waals surface area contributed by atoms with E-state index >= 15 is 0 Å². The lowest BCUT2D eigenvalue weighted by Crippen LogP contribution is -2.47. The highest BCUT2D eigenvalue weighted by molar-refractivity contribution is 7.57. The monoisotopic (exact) mass is 1120 g/mol. The van der Waals surface area contributed by atoms with Crippen LogP contribution in [0.15, 0.2) is 59.4 Å². The molecule has 1 aliphatic heterocycles. The highest BCUT2D eigenvalue weighted by Gasteiger charge is 2.32. The summed E-state index contributed by atoms with van der Waals surface area (Å²) in [6.07, 6.45) is 0.755. The Bertz CT molecular complexity index is 2530. The number of nitrogens with two attached hydrogens (primary N) is 1. The maximum absolute atomic E-state index is 14.2. The minimum absolute atomic E-state index is 0.0371. The lowest BCUT2D eigenvalue weighted by atomic mass is 10.0. The lowest BCUT2D eigenvalue weighted by molar-refractivity contribution is -0.142. The van der Waals surface area contributed by atoms with Crippen LogP contribution in [0.2, 0.25) is 5.02 Å². The summed E-state index contributed by atoms with van der Waals surface area (Å²) in [4.78, 5) is 68.6. The zero-order valence-electron chi connectivity index (χ0n) is 39.8. The number of amides is 2. The van der Waals surface area contributed by atoms with Gasteiger partial charge >= 0.3 is 24.2 Å². The van der Waals surface area contributed by atoms with E-state index in [2.05, 4.69) is 12.0 Å². The van der Waals surface area contributed by atoms with Gasteiger partial charge in [-0.1, -0.05) is 72.1 Å². The molecule has 5 rings (SSSR count). The number of alkyl halides is 6. The molecule has 0 saturated carbocycles. The van der Waals surface area contributed by atoms with Crippen LogP contribution in [0.5, 0.6) is 5.75 Å².